The molecule has 0 aromatic carbocycles. The molecule has 2 aromatic heterocycles. The lowest BCUT2D eigenvalue weighted by molar-refractivity contribution is -0.155. The Morgan fingerprint density at radius 3 is 3.09 bits per heavy atom. The smallest absolute Gasteiger partial charge is 0.263 e. The zero-order chi connectivity index (χ0) is 16.8. The van der Waals surface area contributed by atoms with Crippen LogP contribution in [0.1, 0.15) is 5.56 Å². The Labute approximate surface area is 129 Å². The lowest BCUT2D eigenvalue weighted by Gasteiger charge is -2.33. The number of nitrogen functional groups attached to an aromatic ring is 1. The van der Waals surface area contributed by atoms with Gasteiger partial charge in [-0.25, -0.2) is 0 Å². The summed E-state index contributed by atoms with van der Waals surface area (Å²) in [6.07, 6.45) is -0.573. The van der Waals surface area contributed by atoms with E-state index in [1.807, 2.05) is 6.07 Å². The SMILES string of the molecule is CO[C@H]1CO[C@H](CO)[C@@]1(O)n1cc(C#N)c2c(=O)[nH]c(N)nc21. The topological polar surface area (TPSA) is 159 Å². The molecule has 10 heteroatoms. The molecule has 1 aliphatic rings. The second-order valence-electron chi connectivity index (χ2n) is 5.19. The molecule has 0 bridgehead atoms. The molecule has 1 fully saturated rings. The summed E-state index contributed by atoms with van der Waals surface area (Å²) in [6, 6.07) is 1.88. The van der Waals surface area contributed by atoms with Crippen molar-refractivity contribution in [1.29, 1.82) is 5.26 Å². The molecule has 3 heterocycles. The van der Waals surface area contributed by atoms with Crippen molar-refractivity contribution in [3.8, 4) is 6.07 Å². The summed E-state index contributed by atoms with van der Waals surface area (Å²) in [6.45, 7) is -0.463. The van der Waals surface area contributed by atoms with Crippen molar-refractivity contribution in [1.82, 2.24) is 14.5 Å². The van der Waals surface area contributed by atoms with E-state index in [-0.39, 0.29) is 29.2 Å². The van der Waals surface area contributed by atoms with Crippen molar-refractivity contribution in [2.75, 3.05) is 26.1 Å². The fourth-order valence-electron chi connectivity index (χ4n) is 2.90. The fourth-order valence-corrected chi connectivity index (χ4v) is 2.90. The number of fused-ring (bicyclic) bond motifs is 1. The molecule has 0 aliphatic carbocycles. The van der Waals surface area contributed by atoms with Crippen LogP contribution in [0.5, 0.6) is 0 Å². The van der Waals surface area contributed by atoms with E-state index in [2.05, 4.69) is 9.97 Å². The third-order valence-electron chi connectivity index (χ3n) is 4.03. The van der Waals surface area contributed by atoms with Crippen molar-refractivity contribution in [2.45, 2.75) is 17.9 Å². The highest BCUT2D eigenvalue weighted by molar-refractivity contribution is 5.83. The zero-order valence-electron chi connectivity index (χ0n) is 12.2. The number of aliphatic hydroxyl groups excluding tert-OH is 1. The first-order chi connectivity index (χ1) is 11.0. The van der Waals surface area contributed by atoms with Crippen molar-refractivity contribution in [3.05, 3.63) is 22.1 Å². The Balaban J connectivity index is 2.35. The first-order valence-corrected chi connectivity index (χ1v) is 6.76. The Bertz CT molecular complexity index is 839. The predicted octanol–water partition coefficient (Wildman–Crippen LogP) is -1.77. The maximum absolute atomic E-state index is 12.1. The molecule has 5 N–H and O–H groups in total. The van der Waals surface area contributed by atoms with Crippen LogP contribution in [0.15, 0.2) is 11.0 Å². The Hall–Kier alpha value is -2.45. The lowest BCUT2D eigenvalue weighted by atomic mass is 10.0. The van der Waals surface area contributed by atoms with Gasteiger partial charge >= 0.3 is 0 Å². The number of aromatic nitrogens is 3. The van der Waals surface area contributed by atoms with E-state index in [0.717, 1.165) is 0 Å². The predicted molar refractivity (Wildman–Crippen MR) is 77.3 cm³/mol. The van der Waals surface area contributed by atoms with Gasteiger partial charge in [0, 0.05) is 13.3 Å². The van der Waals surface area contributed by atoms with Gasteiger partial charge < -0.3 is 25.4 Å². The number of anilines is 1. The summed E-state index contributed by atoms with van der Waals surface area (Å²) in [7, 11) is 1.38. The molecule has 2 aromatic rings. The van der Waals surface area contributed by atoms with Gasteiger partial charge in [-0.1, -0.05) is 0 Å². The minimum absolute atomic E-state index is 0.00596. The third kappa shape index (κ3) is 2.02. The van der Waals surface area contributed by atoms with E-state index in [4.69, 9.17) is 15.2 Å². The van der Waals surface area contributed by atoms with Crippen LogP contribution in [-0.2, 0) is 15.2 Å². The highest BCUT2D eigenvalue weighted by atomic mass is 16.6. The number of hydrogen-bond donors (Lipinski definition) is 4. The number of nitrogens with one attached hydrogen (secondary N) is 1. The van der Waals surface area contributed by atoms with Crippen LogP contribution in [0.25, 0.3) is 11.0 Å². The third-order valence-corrected chi connectivity index (χ3v) is 4.03. The number of nitrogens with zero attached hydrogens (tertiary/aromatic N) is 3. The molecule has 0 spiro atoms. The number of ether oxygens (including phenoxy) is 2. The number of nitriles is 1. The van der Waals surface area contributed by atoms with Gasteiger partial charge in [0.15, 0.2) is 5.65 Å². The first kappa shape index (κ1) is 15.4. The molecule has 122 valence electrons. The number of hydrogen-bond acceptors (Lipinski definition) is 8. The van der Waals surface area contributed by atoms with E-state index in [1.165, 1.54) is 17.9 Å². The van der Waals surface area contributed by atoms with Crippen LogP contribution in [0, 0.1) is 11.3 Å². The minimum atomic E-state index is -1.84. The summed E-state index contributed by atoms with van der Waals surface area (Å²) in [5, 5.41) is 29.9. The Kier molecular flexibility index (Phi) is 3.57. The lowest BCUT2D eigenvalue weighted by Crippen LogP contribution is -2.51. The second-order valence-corrected chi connectivity index (χ2v) is 5.19. The van der Waals surface area contributed by atoms with E-state index >= 15 is 0 Å². The molecule has 0 unspecified atom stereocenters. The average Bonchev–Trinajstić information content (AvgIpc) is 3.05. The first-order valence-electron chi connectivity index (χ1n) is 6.76. The van der Waals surface area contributed by atoms with Gasteiger partial charge in [0.05, 0.1) is 18.8 Å². The molecule has 0 amide bonds. The number of aromatic amines is 1. The number of methoxy groups -OCH3 is 1. The molecule has 0 radical (unpaired) electrons. The average molecular weight is 321 g/mol. The van der Waals surface area contributed by atoms with Crippen molar-refractivity contribution in [3.63, 3.8) is 0 Å². The van der Waals surface area contributed by atoms with Crippen molar-refractivity contribution < 1.29 is 19.7 Å². The number of H-pyrrole nitrogens is 1. The molecule has 23 heavy (non-hydrogen) atoms. The van der Waals surface area contributed by atoms with Gasteiger partial charge in [-0.2, -0.15) is 10.2 Å². The number of nitrogens with two attached hydrogens (primary N) is 1. The summed E-state index contributed by atoms with van der Waals surface area (Å²) < 4.78 is 11.8. The van der Waals surface area contributed by atoms with E-state index in [0.29, 0.717) is 0 Å². The Morgan fingerprint density at radius 1 is 1.74 bits per heavy atom. The molecule has 0 saturated carbocycles. The zero-order valence-corrected chi connectivity index (χ0v) is 12.2. The maximum Gasteiger partial charge on any atom is 0.263 e. The molecular weight excluding hydrogens is 306 g/mol. The van der Waals surface area contributed by atoms with Crippen LogP contribution < -0.4 is 11.3 Å². The second kappa shape index (κ2) is 5.32. The summed E-state index contributed by atoms with van der Waals surface area (Å²) in [5.74, 6) is -0.164. The summed E-state index contributed by atoms with van der Waals surface area (Å²) >= 11 is 0. The van der Waals surface area contributed by atoms with Crippen molar-refractivity contribution >= 4 is 17.0 Å². The van der Waals surface area contributed by atoms with Gasteiger partial charge in [-0.05, 0) is 0 Å². The van der Waals surface area contributed by atoms with Crippen LogP contribution in [-0.4, -0.2) is 57.3 Å². The van der Waals surface area contributed by atoms with Gasteiger partial charge in [0.2, 0.25) is 11.7 Å². The van der Waals surface area contributed by atoms with Crippen LogP contribution in [0.4, 0.5) is 5.95 Å². The van der Waals surface area contributed by atoms with E-state index in [9.17, 15) is 20.3 Å². The van der Waals surface area contributed by atoms with E-state index < -0.39 is 30.1 Å². The summed E-state index contributed by atoms with van der Waals surface area (Å²) in [4.78, 5) is 18.4. The van der Waals surface area contributed by atoms with Crippen LogP contribution >= 0.6 is 0 Å². The Morgan fingerprint density at radius 2 is 2.48 bits per heavy atom. The summed E-state index contributed by atoms with van der Waals surface area (Å²) in [5.41, 5.74) is 3.15. The van der Waals surface area contributed by atoms with Gasteiger partial charge in [-0.15, -0.1) is 0 Å². The molecule has 3 atom stereocenters. The van der Waals surface area contributed by atoms with Crippen LogP contribution in [0.3, 0.4) is 0 Å². The van der Waals surface area contributed by atoms with E-state index in [1.54, 1.807) is 0 Å². The highest BCUT2D eigenvalue weighted by Gasteiger charge is 2.53. The molecule has 10 nitrogen and oxygen atoms in total. The molecule has 1 saturated heterocycles. The monoisotopic (exact) mass is 321 g/mol. The number of rotatable bonds is 3. The standard InChI is InChI=1S/C13H15N5O5/c1-22-8-5-23-7(4-19)13(8,21)18-3-6(2-14)9-10(18)16-12(15)17-11(9)20/h3,7-8,19,21H,4-5H2,1H3,(H3,15,16,17,20)/t7-,8+,13+/m1/s1. The maximum atomic E-state index is 12.1. The van der Waals surface area contributed by atoms with Crippen molar-refractivity contribution in [2.24, 2.45) is 0 Å². The fraction of sp³-hybridized carbons (Fsp3) is 0.462. The number of aliphatic hydroxyl groups is 2. The van der Waals surface area contributed by atoms with Gasteiger partial charge in [0.25, 0.3) is 5.56 Å². The molecule has 1 aliphatic heterocycles. The highest BCUT2D eigenvalue weighted by Crippen LogP contribution is 2.36. The quantitative estimate of drug-likeness (QED) is 0.516. The minimum Gasteiger partial charge on any atom is -0.393 e. The van der Waals surface area contributed by atoms with Gasteiger partial charge in [-0.3, -0.25) is 14.3 Å². The van der Waals surface area contributed by atoms with Crippen LogP contribution in [0.2, 0.25) is 0 Å². The largest absolute Gasteiger partial charge is 0.393 e. The molecule has 3 rings (SSSR count). The van der Waals surface area contributed by atoms with Gasteiger partial charge in [0.1, 0.15) is 23.7 Å². The normalized spacial score (nSPS) is 27.4. The molecular formula is C13H15N5O5.